The van der Waals surface area contributed by atoms with Gasteiger partial charge in [0, 0.05) is 22.3 Å². The molecule has 2 aromatic rings. The molecule has 0 aliphatic rings. The summed E-state index contributed by atoms with van der Waals surface area (Å²) in [6, 6.07) is 12.9. The maximum absolute atomic E-state index is 6.12. The molecule has 0 fully saturated rings. The standard InChI is InChI=1S/C17H16Cl2N2OS/c1-2-9-22-15-7-5-14(6-8-15)21-17(23)20-11-12-3-4-13(18)10-16(12)19/h2-8,10H,1,9,11H2,(H2,20,21,23). The number of thiocarbonyl (C=S) groups is 1. The molecule has 2 N–H and O–H groups in total. The average Bonchev–Trinajstić information content (AvgIpc) is 2.53. The minimum atomic E-state index is 0.481. The van der Waals surface area contributed by atoms with Crippen LogP contribution in [-0.2, 0) is 6.54 Å². The summed E-state index contributed by atoms with van der Waals surface area (Å²) < 4.78 is 5.42. The summed E-state index contributed by atoms with van der Waals surface area (Å²) in [5, 5.41) is 7.93. The van der Waals surface area contributed by atoms with Crippen molar-refractivity contribution in [3.05, 3.63) is 70.7 Å². The van der Waals surface area contributed by atoms with Crippen LogP contribution in [0.1, 0.15) is 5.56 Å². The number of hydrogen-bond acceptors (Lipinski definition) is 2. The zero-order valence-corrected chi connectivity index (χ0v) is 14.6. The predicted octanol–water partition coefficient (Wildman–Crippen LogP) is 5.04. The maximum atomic E-state index is 6.12. The number of rotatable bonds is 6. The van der Waals surface area contributed by atoms with Crippen molar-refractivity contribution in [2.75, 3.05) is 11.9 Å². The van der Waals surface area contributed by atoms with E-state index in [9.17, 15) is 0 Å². The fourth-order valence-corrected chi connectivity index (χ4v) is 2.47. The first-order valence-corrected chi connectivity index (χ1v) is 8.07. The van der Waals surface area contributed by atoms with Crippen LogP contribution >= 0.6 is 35.4 Å². The third kappa shape index (κ3) is 5.75. The predicted molar refractivity (Wildman–Crippen MR) is 102 cm³/mol. The Morgan fingerprint density at radius 2 is 1.91 bits per heavy atom. The lowest BCUT2D eigenvalue weighted by Crippen LogP contribution is -2.27. The lowest BCUT2D eigenvalue weighted by atomic mass is 10.2. The molecule has 0 heterocycles. The molecule has 23 heavy (non-hydrogen) atoms. The van der Waals surface area contributed by atoms with Gasteiger partial charge in [-0.1, -0.05) is 41.9 Å². The van der Waals surface area contributed by atoms with E-state index in [0.717, 1.165) is 17.0 Å². The quantitative estimate of drug-likeness (QED) is 0.553. The lowest BCUT2D eigenvalue weighted by molar-refractivity contribution is 0.363. The van der Waals surface area contributed by atoms with Crippen LogP contribution in [0.4, 0.5) is 5.69 Å². The van der Waals surface area contributed by atoms with E-state index in [2.05, 4.69) is 17.2 Å². The van der Waals surface area contributed by atoms with Crippen molar-refractivity contribution in [2.45, 2.75) is 6.54 Å². The number of anilines is 1. The van der Waals surface area contributed by atoms with Crippen LogP contribution in [0.2, 0.25) is 10.0 Å². The first-order chi connectivity index (χ1) is 11.1. The average molecular weight is 367 g/mol. The van der Waals surface area contributed by atoms with Gasteiger partial charge in [-0.3, -0.25) is 0 Å². The topological polar surface area (TPSA) is 33.3 Å². The molecule has 120 valence electrons. The third-order valence-corrected chi connectivity index (χ3v) is 3.77. The highest BCUT2D eigenvalue weighted by molar-refractivity contribution is 7.80. The molecule has 0 radical (unpaired) electrons. The van der Waals surface area contributed by atoms with Crippen LogP contribution in [-0.4, -0.2) is 11.7 Å². The zero-order chi connectivity index (χ0) is 16.7. The number of nitrogens with one attached hydrogen (secondary N) is 2. The summed E-state index contributed by atoms with van der Waals surface area (Å²) in [4.78, 5) is 0. The fraction of sp³-hybridized carbons (Fsp3) is 0.118. The molecule has 0 amide bonds. The van der Waals surface area contributed by atoms with Crippen molar-refractivity contribution in [3.8, 4) is 5.75 Å². The highest BCUT2D eigenvalue weighted by atomic mass is 35.5. The third-order valence-electron chi connectivity index (χ3n) is 2.93. The number of benzene rings is 2. The summed E-state index contributed by atoms with van der Waals surface area (Å²) in [6.45, 7) is 4.61. The van der Waals surface area contributed by atoms with Crippen molar-refractivity contribution in [2.24, 2.45) is 0 Å². The van der Waals surface area contributed by atoms with E-state index in [1.807, 2.05) is 30.3 Å². The molecule has 0 unspecified atom stereocenters. The van der Waals surface area contributed by atoms with Gasteiger partial charge in [0.25, 0.3) is 0 Å². The molecular formula is C17H16Cl2N2OS. The summed E-state index contributed by atoms with van der Waals surface area (Å²) in [7, 11) is 0. The number of halogens is 2. The Bertz CT molecular complexity index is 689. The van der Waals surface area contributed by atoms with Gasteiger partial charge in [0.15, 0.2) is 5.11 Å². The van der Waals surface area contributed by atoms with E-state index in [1.54, 1.807) is 18.2 Å². The van der Waals surface area contributed by atoms with Gasteiger partial charge >= 0.3 is 0 Å². The molecule has 0 saturated heterocycles. The van der Waals surface area contributed by atoms with E-state index < -0.39 is 0 Å². The molecule has 0 atom stereocenters. The first kappa shape index (κ1) is 17.6. The molecular weight excluding hydrogens is 351 g/mol. The van der Waals surface area contributed by atoms with E-state index >= 15 is 0 Å². The maximum Gasteiger partial charge on any atom is 0.171 e. The van der Waals surface area contributed by atoms with E-state index in [-0.39, 0.29) is 0 Å². The molecule has 2 aromatic carbocycles. The van der Waals surface area contributed by atoms with Crippen molar-refractivity contribution in [1.29, 1.82) is 0 Å². The van der Waals surface area contributed by atoms with Crippen molar-refractivity contribution in [3.63, 3.8) is 0 Å². The SMILES string of the molecule is C=CCOc1ccc(NC(=S)NCc2ccc(Cl)cc2Cl)cc1. The van der Waals surface area contributed by atoms with E-state index in [1.165, 1.54) is 0 Å². The second-order valence-electron chi connectivity index (χ2n) is 4.67. The Hall–Kier alpha value is -1.75. The van der Waals surface area contributed by atoms with Crippen LogP contribution in [0.15, 0.2) is 55.1 Å². The smallest absolute Gasteiger partial charge is 0.171 e. The summed E-state index contributed by atoms with van der Waals surface area (Å²) in [5.41, 5.74) is 1.80. The van der Waals surface area contributed by atoms with Gasteiger partial charge in [0.05, 0.1) is 0 Å². The fourth-order valence-electron chi connectivity index (χ4n) is 1.81. The Morgan fingerprint density at radius 3 is 2.57 bits per heavy atom. The van der Waals surface area contributed by atoms with Gasteiger partial charge in [0.2, 0.25) is 0 Å². The molecule has 0 aliphatic carbocycles. The van der Waals surface area contributed by atoms with Gasteiger partial charge < -0.3 is 15.4 Å². The Morgan fingerprint density at radius 1 is 1.17 bits per heavy atom. The van der Waals surface area contributed by atoms with Gasteiger partial charge in [-0.05, 0) is 54.2 Å². The molecule has 3 nitrogen and oxygen atoms in total. The summed E-state index contributed by atoms with van der Waals surface area (Å²) >= 11 is 17.3. The largest absolute Gasteiger partial charge is 0.490 e. The number of hydrogen-bond donors (Lipinski definition) is 2. The molecule has 2 rings (SSSR count). The van der Waals surface area contributed by atoms with Crippen molar-refractivity contribution >= 4 is 46.2 Å². The minimum Gasteiger partial charge on any atom is -0.490 e. The van der Waals surface area contributed by atoms with Crippen LogP contribution in [0.25, 0.3) is 0 Å². The highest BCUT2D eigenvalue weighted by Crippen LogP contribution is 2.21. The molecule has 6 heteroatoms. The normalized spacial score (nSPS) is 10.0. The summed E-state index contributed by atoms with van der Waals surface area (Å²) in [6.07, 6.45) is 1.70. The van der Waals surface area contributed by atoms with Crippen LogP contribution in [0.5, 0.6) is 5.75 Å². The second kappa shape index (κ2) is 8.77. The monoisotopic (exact) mass is 366 g/mol. The Labute approximate surface area is 151 Å². The minimum absolute atomic E-state index is 0.481. The summed E-state index contributed by atoms with van der Waals surface area (Å²) in [5.74, 6) is 0.780. The Balaban J connectivity index is 1.85. The molecule has 0 aliphatic heterocycles. The highest BCUT2D eigenvalue weighted by Gasteiger charge is 2.03. The van der Waals surface area contributed by atoms with Gasteiger partial charge in [-0.2, -0.15) is 0 Å². The van der Waals surface area contributed by atoms with Crippen LogP contribution in [0.3, 0.4) is 0 Å². The lowest BCUT2D eigenvalue weighted by Gasteiger charge is -2.12. The zero-order valence-electron chi connectivity index (χ0n) is 12.3. The molecule has 0 spiro atoms. The second-order valence-corrected chi connectivity index (χ2v) is 5.92. The number of ether oxygens (including phenoxy) is 1. The van der Waals surface area contributed by atoms with E-state index in [4.69, 9.17) is 40.2 Å². The van der Waals surface area contributed by atoms with Gasteiger partial charge in [-0.25, -0.2) is 0 Å². The Kier molecular flexibility index (Phi) is 6.71. The first-order valence-electron chi connectivity index (χ1n) is 6.91. The van der Waals surface area contributed by atoms with Crippen molar-refractivity contribution < 1.29 is 4.74 Å². The van der Waals surface area contributed by atoms with Gasteiger partial charge in [0.1, 0.15) is 12.4 Å². The van der Waals surface area contributed by atoms with Crippen LogP contribution in [0, 0.1) is 0 Å². The van der Waals surface area contributed by atoms with Gasteiger partial charge in [-0.15, -0.1) is 0 Å². The molecule has 0 bridgehead atoms. The molecule has 0 aromatic heterocycles. The van der Waals surface area contributed by atoms with E-state index in [0.29, 0.717) is 28.3 Å². The van der Waals surface area contributed by atoms with Crippen LogP contribution < -0.4 is 15.4 Å². The van der Waals surface area contributed by atoms with Crippen molar-refractivity contribution in [1.82, 2.24) is 5.32 Å². The molecule has 0 saturated carbocycles.